The van der Waals surface area contributed by atoms with Gasteiger partial charge < -0.3 is 15.5 Å². The van der Waals surface area contributed by atoms with Gasteiger partial charge in [-0.2, -0.15) is 0 Å². The first kappa shape index (κ1) is 12.0. The number of imidazole rings is 1. The third kappa shape index (κ3) is 2.78. The van der Waals surface area contributed by atoms with E-state index in [9.17, 15) is 0 Å². The Morgan fingerprint density at radius 2 is 2.35 bits per heavy atom. The molecule has 2 aromatic rings. The molecule has 1 aromatic heterocycles. The number of hydrogen-bond acceptors (Lipinski definition) is 3. The van der Waals surface area contributed by atoms with E-state index in [1.807, 2.05) is 6.07 Å². The Hall–Kier alpha value is -1.52. The highest BCUT2D eigenvalue weighted by Crippen LogP contribution is 2.28. The van der Waals surface area contributed by atoms with Crippen molar-refractivity contribution in [3.8, 4) is 5.75 Å². The predicted molar refractivity (Wildman–Crippen MR) is 67.2 cm³/mol. The molecule has 0 aliphatic carbocycles. The number of aromatic nitrogens is 2. The first-order valence-corrected chi connectivity index (χ1v) is 5.65. The topological polar surface area (TPSA) is 63.9 Å². The minimum atomic E-state index is -0.173. The lowest BCUT2D eigenvalue weighted by Gasteiger charge is -2.14. The van der Waals surface area contributed by atoms with E-state index in [2.05, 4.69) is 9.97 Å². The number of H-pyrrole nitrogens is 1. The number of rotatable bonds is 4. The summed E-state index contributed by atoms with van der Waals surface area (Å²) < 4.78 is 5.27. The second-order valence-corrected chi connectivity index (χ2v) is 4.17. The zero-order valence-corrected chi connectivity index (χ0v) is 10.2. The van der Waals surface area contributed by atoms with E-state index in [1.165, 1.54) is 0 Å². The maximum atomic E-state index is 6.13. The van der Waals surface area contributed by atoms with Crippen LogP contribution in [0.25, 0.3) is 0 Å². The molecule has 0 fully saturated rings. The van der Waals surface area contributed by atoms with Crippen LogP contribution < -0.4 is 10.5 Å². The second-order valence-electron chi connectivity index (χ2n) is 3.73. The maximum Gasteiger partial charge on any atom is 0.125 e. The van der Waals surface area contributed by atoms with Crippen LogP contribution in [-0.2, 0) is 6.42 Å². The van der Waals surface area contributed by atoms with Gasteiger partial charge in [0.15, 0.2) is 0 Å². The maximum absolute atomic E-state index is 6.13. The molecule has 5 heteroatoms. The van der Waals surface area contributed by atoms with Crippen molar-refractivity contribution in [1.29, 1.82) is 0 Å². The van der Waals surface area contributed by atoms with E-state index in [0.29, 0.717) is 17.2 Å². The lowest BCUT2D eigenvalue weighted by molar-refractivity contribution is 0.405. The molecule has 17 heavy (non-hydrogen) atoms. The fourth-order valence-electron chi connectivity index (χ4n) is 1.72. The van der Waals surface area contributed by atoms with Crippen molar-refractivity contribution in [2.24, 2.45) is 5.73 Å². The van der Waals surface area contributed by atoms with Crippen LogP contribution >= 0.6 is 11.6 Å². The highest BCUT2D eigenvalue weighted by molar-refractivity contribution is 6.30. The highest BCUT2D eigenvalue weighted by Gasteiger charge is 2.13. The van der Waals surface area contributed by atoms with Gasteiger partial charge in [0.1, 0.15) is 11.6 Å². The molecule has 0 aliphatic rings. The van der Waals surface area contributed by atoms with Crippen molar-refractivity contribution in [2.45, 2.75) is 12.5 Å². The number of nitrogens with one attached hydrogen (secondary N) is 1. The van der Waals surface area contributed by atoms with Crippen molar-refractivity contribution in [1.82, 2.24) is 9.97 Å². The minimum Gasteiger partial charge on any atom is -0.496 e. The molecule has 0 radical (unpaired) electrons. The molecular formula is C12H14ClN3O. The molecule has 1 aromatic carbocycles. The number of hydrogen-bond donors (Lipinski definition) is 2. The summed E-state index contributed by atoms with van der Waals surface area (Å²) in [4.78, 5) is 7.18. The number of ether oxygens (including phenoxy) is 1. The molecule has 1 heterocycles. The molecule has 2 rings (SSSR count). The molecule has 0 amide bonds. The molecular weight excluding hydrogens is 238 g/mol. The molecule has 1 atom stereocenters. The smallest absolute Gasteiger partial charge is 0.125 e. The molecule has 0 spiro atoms. The van der Waals surface area contributed by atoms with Gasteiger partial charge in [-0.05, 0) is 12.1 Å². The largest absolute Gasteiger partial charge is 0.496 e. The summed E-state index contributed by atoms with van der Waals surface area (Å²) in [5, 5.41) is 0.635. The standard InChI is InChI=1S/C12H14ClN3O/c1-17-11-6-8(13)2-3-9(11)10(14)7-12-15-4-5-16-12/h2-6,10H,7,14H2,1H3,(H,15,16). The van der Waals surface area contributed by atoms with Gasteiger partial charge >= 0.3 is 0 Å². The van der Waals surface area contributed by atoms with Crippen molar-refractivity contribution in [3.63, 3.8) is 0 Å². The predicted octanol–water partition coefficient (Wildman–Crippen LogP) is 2.31. The lowest BCUT2D eigenvalue weighted by atomic mass is 10.0. The SMILES string of the molecule is COc1cc(Cl)ccc1C(N)Cc1ncc[nH]1. The summed E-state index contributed by atoms with van der Waals surface area (Å²) in [6, 6.07) is 5.28. The molecule has 1 unspecified atom stereocenters. The van der Waals surface area contributed by atoms with Gasteiger partial charge in [0, 0.05) is 35.4 Å². The van der Waals surface area contributed by atoms with Gasteiger partial charge in [-0.15, -0.1) is 0 Å². The fraction of sp³-hybridized carbons (Fsp3) is 0.250. The molecule has 3 N–H and O–H groups in total. The first-order chi connectivity index (χ1) is 8.20. The van der Waals surface area contributed by atoms with E-state index < -0.39 is 0 Å². The molecule has 0 saturated carbocycles. The average molecular weight is 252 g/mol. The van der Waals surface area contributed by atoms with Crippen LogP contribution in [0.15, 0.2) is 30.6 Å². The van der Waals surface area contributed by atoms with Crippen LogP contribution in [0.3, 0.4) is 0 Å². The zero-order chi connectivity index (χ0) is 12.3. The van der Waals surface area contributed by atoms with Crippen LogP contribution in [0.1, 0.15) is 17.4 Å². The van der Waals surface area contributed by atoms with E-state index in [-0.39, 0.29) is 6.04 Å². The van der Waals surface area contributed by atoms with Crippen LogP contribution in [0.5, 0.6) is 5.75 Å². The Morgan fingerprint density at radius 1 is 1.53 bits per heavy atom. The second kappa shape index (κ2) is 5.21. The van der Waals surface area contributed by atoms with Gasteiger partial charge in [-0.1, -0.05) is 17.7 Å². The number of methoxy groups -OCH3 is 1. The molecule has 0 saturated heterocycles. The minimum absolute atomic E-state index is 0.173. The Bertz CT molecular complexity index is 485. The summed E-state index contributed by atoms with van der Waals surface area (Å²) in [5.41, 5.74) is 7.05. The summed E-state index contributed by atoms with van der Waals surface area (Å²) in [5.74, 6) is 1.56. The summed E-state index contributed by atoms with van der Waals surface area (Å²) in [6.07, 6.45) is 4.12. The number of halogens is 1. The molecule has 90 valence electrons. The fourth-order valence-corrected chi connectivity index (χ4v) is 1.88. The van der Waals surface area contributed by atoms with E-state index in [4.69, 9.17) is 22.1 Å². The monoisotopic (exact) mass is 251 g/mol. The number of benzene rings is 1. The third-order valence-electron chi connectivity index (χ3n) is 2.56. The van der Waals surface area contributed by atoms with Gasteiger partial charge in [-0.3, -0.25) is 0 Å². The third-order valence-corrected chi connectivity index (χ3v) is 2.80. The Balaban J connectivity index is 2.21. The van der Waals surface area contributed by atoms with Gasteiger partial charge in [0.05, 0.1) is 7.11 Å². The lowest BCUT2D eigenvalue weighted by Crippen LogP contribution is -2.15. The summed E-state index contributed by atoms with van der Waals surface area (Å²) in [6.45, 7) is 0. The highest BCUT2D eigenvalue weighted by atomic mass is 35.5. The quantitative estimate of drug-likeness (QED) is 0.877. The Labute approximate surface area is 105 Å². The first-order valence-electron chi connectivity index (χ1n) is 5.28. The Morgan fingerprint density at radius 3 is 3.00 bits per heavy atom. The zero-order valence-electron chi connectivity index (χ0n) is 9.48. The van der Waals surface area contributed by atoms with Gasteiger partial charge in [-0.25, -0.2) is 4.98 Å². The summed E-state index contributed by atoms with van der Waals surface area (Å²) in [7, 11) is 1.61. The molecule has 0 aliphatic heterocycles. The normalized spacial score (nSPS) is 12.4. The van der Waals surface area contributed by atoms with Crippen LogP contribution in [0.4, 0.5) is 0 Å². The summed E-state index contributed by atoms with van der Waals surface area (Å²) >= 11 is 5.90. The Kier molecular flexibility index (Phi) is 3.66. The van der Waals surface area contributed by atoms with Gasteiger partial charge in [0.2, 0.25) is 0 Å². The van der Waals surface area contributed by atoms with Crippen LogP contribution in [0, 0.1) is 0 Å². The number of nitrogens with two attached hydrogens (primary N) is 1. The van der Waals surface area contributed by atoms with E-state index in [0.717, 1.165) is 11.4 Å². The average Bonchev–Trinajstić information content (AvgIpc) is 2.81. The number of nitrogens with zero attached hydrogens (tertiary/aromatic N) is 1. The van der Waals surface area contributed by atoms with Crippen molar-refractivity contribution >= 4 is 11.6 Å². The van der Waals surface area contributed by atoms with E-state index >= 15 is 0 Å². The molecule has 4 nitrogen and oxygen atoms in total. The van der Waals surface area contributed by atoms with Crippen molar-refractivity contribution < 1.29 is 4.74 Å². The number of aromatic amines is 1. The van der Waals surface area contributed by atoms with Gasteiger partial charge in [0.25, 0.3) is 0 Å². The molecule has 0 bridgehead atoms. The van der Waals surface area contributed by atoms with Crippen LogP contribution in [-0.4, -0.2) is 17.1 Å². The van der Waals surface area contributed by atoms with Crippen molar-refractivity contribution in [3.05, 3.63) is 47.0 Å². The van der Waals surface area contributed by atoms with E-state index in [1.54, 1.807) is 31.6 Å². The van der Waals surface area contributed by atoms with Crippen LogP contribution in [0.2, 0.25) is 5.02 Å². The van der Waals surface area contributed by atoms with Crippen molar-refractivity contribution in [2.75, 3.05) is 7.11 Å².